The SMILES string of the molecule is Cc1c(N)cnc(C(F)F)c1CCl. The maximum absolute atomic E-state index is 12.4. The first-order valence-electron chi connectivity index (χ1n) is 3.66. The summed E-state index contributed by atoms with van der Waals surface area (Å²) in [6, 6.07) is 0. The standard InChI is InChI=1S/C8H9ClF2N2/c1-4-5(2-9)7(8(10)11)13-3-6(4)12/h3,8H,2,12H2,1H3. The number of pyridine rings is 1. The Bertz CT molecular complexity index is 315. The van der Waals surface area contributed by atoms with E-state index in [4.69, 9.17) is 17.3 Å². The van der Waals surface area contributed by atoms with E-state index >= 15 is 0 Å². The zero-order chi connectivity index (χ0) is 10.0. The first-order valence-corrected chi connectivity index (χ1v) is 4.19. The molecule has 0 aliphatic heterocycles. The summed E-state index contributed by atoms with van der Waals surface area (Å²) in [6.45, 7) is 1.65. The predicted octanol–water partition coefficient (Wildman–Crippen LogP) is 2.65. The van der Waals surface area contributed by atoms with Gasteiger partial charge in [0.15, 0.2) is 0 Å². The first kappa shape index (κ1) is 10.2. The number of nitrogens with zero attached hydrogens (tertiary/aromatic N) is 1. The minimum absolute atomic E-state index is 0.00352. The molecule has 0 atom stereocenters. The minimum Gasteiger partial charge on any atom is -0.397 e. The fourth-order valence-corrected chi connectivity index (χ4v) is 1.37. The van der Waals surface area contributed by atoms with E-state index in [9.17, 15) is 8.78 Å². The molecule has 1 aromatic heterocycles. The molecule has 0 aliphatic rings. The number of hydrogen-bond acceptors (Lipinski definition) is 2. The first-order chi connectivity index (χ1) is 6.07. The fraction of sp³-hybridized carbons (Fsp3) is 0.375. The molecule has 0 radical (unpaired) electrons. The Kier molecular flexibility index (Phi) is 3.03. The molecule has 0 aliphatic carbocycles. The molecule has 1 heterocycles. The van der Waals surface area contributed by atoms with Crippen LogP contribution < -0.4 is 5.73 Å². The lowest BCUT2D eigenvalue weighted by atomic mass is 10.1. The quantitative estimate of drug-likeness (QED) is 0.756. The molecule has 0 saturated carbocycles. The Morgan fingerprint density at radius 2 is 2.23 bits per heavy atom. The van der Waals surface area contributed by atoms with E-state index in [-0.39, 0.29) is 11.6 Å². The number of anilines is 1. The minimum atomic E-state index is -2.60. The third-order valence-electron chi connectivity index (χ3n) is 1.88. The van der Waals surface area contributed by atoms with Gasteiger partial charge in [-0.25, -0.2) is 8.78 Å². The van der Waals surface area contributed by atoms with E-state index in [1.54, 1.807) is 6.92 Å². The van der Waals surface area contributed by atoms with Gasteiger partial charge in [-0.3, -0.25) is 4.98 Å². The van der Waals surface area contributed by atoms with E-state index in [0.717, 1.165) is 0 Å². The van der Waals surface area contributed by atoms with Crippen molar-refractivity contribution in [2.75, 3.05) is 5.73 Å². The molecule has 1 rings (SSSR count). The number of aromatic nitrogens is 1. The van der Waals surface area contributed by atoms with Crippen molar-refractivity contribution < 1.29 is 8.78 Å². The van der Waals surface area contributed by atoms with Gasteiger partial charge in [0.05, 0.1) is 11.9 Å². The molecular weight excluding hydrogens is 198 g/mol. The summed E-state index contributed by atoms with van der Waals surface area (Å²) in [5.41, 5.74) is 6.53. The van der Waals surface area contributed by atoms with Gasteiger partial charge in [0, 0.05) is 5.88 Å². The highest BCUT2D eigenvalue weighted by atomic mass is 35.5. The van der Waals surface area contributed by atoms with Crippen LogP contribution in [0, 0.1) is 6.92 Å². The van der Waals surface area contributed by atoms with E-state index in [2.05, 4.69) is 4.98 Å². The van der Waals surface area contributed by atoms with Crippen LogP contribution in [-0.2, 0) is 5.88 Å². The summed E-state index contributed by atoms with van der Waals surface area (Å²) in [4.78, 5) is 3.55. The molecule has 0 spiro atoms. The van der Waals surface area contributed by atoms with Gasteiger partial charge >= 0.3 is 0 Å². The van der Waals surface area contributed by atoms with Crippen molar-refractivity contribution in [1.29, 1.82) is 0 Å². The Morgan fingerprint density at radius 3 is 2.69 bits per heavy atom. The lowest BCUT2D eigenvalue weighted by Gasteiger charge is -2.10. The van der Waals surface area contributed by atoms with Crippen molar-refractivity contribution in [2.45, 2.75) is 19.2 Å². The molecule has 0 fully saturated rings. The van der Waals surface area contributed by atoms with Crippen LogP contribution in [0.1, 0.15) is 23.2 Å². The van der Waals surface area contributed by atoms with Crippen molar-refractivity contribution in [1.82, 2.24) is 4.98 Å². The third kappa shape index (κ3) is 1.88. The Balaban J connectivity index is 3.30. The van der Waals surface area contributed by atoms with Crippen molar-refractivity contribution in [3.05, 3.63) is 23.0 Å². The highest BCUT2D eigenvalue weighted by Gasteiger charge is 2.16. The smallest absolute Gasteiger partial charge is 0.280 e. The van der Waals surface area contributed by atoms with E-state index in [1.807, 2.05) is 0 Å². The van der Waals surface area contributed by atoms with Gasteiger partial charge in [-0.1, -0.05) is 0 Å². The summed E-state index contributed by atoms with van der Waals surface area (Å²) >= 11 is 5.52. The molecule has 2 nitrogen and oxygen atoms in total. The molecule has 13 heavy (non-hydrogen) atoms. The van der Waals surface area contributed by atoms with Gasteiger partial charge in [-0.15, -0.1) is 11.6 Å². The summed E-state index contributed by atoms with van der Waals surface area (Å²) in [6.07, 6.45) is -1.37. The van der Waals surface area contributed by atoms with Crippen molar-refractivity contribution >= 4 is 17.3 Å². The van der Waals surface area contributed by atoms with Crippen molar-refractivity contribution in [2.24, 2.45) is 0 Å². The molecular formula is C8H9ClF2N2. The van der Waals surface area contributed by atoms with E-state index in [0.29, 0.717) is 16.8 Å². The van der Waals surface area contributed by atoms with Crippen LogP contribution in [0.15, 0.2) is 6.20 Å². The van der Waals surface area contributed by atoms with Crippen LogP contribution in [-0.4, -0.2) is 4.98 Å². The van der Waals surface area contributed by atoms with Crippen molar-refractivity contribution in [3.63, 3.8) is 0 Å². The number of halogens is 3. The molecule has 1 aromatic rings. The highest BCUT2D eigenvalue weighted by molar-refractivity contribution is 6.17. The summed E-state index contributed by atoms with van der Waals surface area (Å²) in [7, 11) is 0. The summed E-state index contributed by atoms with van der Waals surface area (Å²) in [5, 5.41) is 0. The van der Waals surface area contributed by atoms with Gasteiger partial charge in [0.25, 0.3) is 6.43 Å². The highest BCUT2D eigenvalue weighted by Crippen LogP contribution is 2.27. The Morgan fingerprint density at radius 1 is 1.62 bits per heavy atom. The van der Waals surface area contributed by atoms with E-state index < -0.39 is 6.43 Å². The largest absolute Gasteiger partial charge is 0.397 e. The molecule has 0 saturated heterocycles. The zero-order valence-corrected chi connectivity index (χ0v) is 7.78. The molecule has 5 heteroatoms. The Labute approximate surface area is 79.7 Å². The Hall–Kier alpha value is -0.900. The molecule has 72 valence electrons. The molecule has 0 unspecified atom stereocenters. The van der Waals surface area contributed by atoms with Crippen LogP contribution in [0.2, 0.25) is 0 Å². The molecule has 0 amide bonds. The van der Waals surface area contributed by atoms with Crippen molar-refractivity contribution in [3.8, 4) is 0 Å². The topological polar surface area (TPSA) is 38.9 Å². The zero-order valence-electron chi connectivity index (χ0n) is 7.02. The van der Waals surface area contributed by atoms with Gasteiger partial charge < -0.3 is 5.73 Å². The summed E-state index contributed by atoms with van der Waals surface area (Å²) in [5.74, 6) is 0.00352. The summed E-state index contributed by atoms with van der Waals surface area (Å²) < 4.78 is 24.7. The molecule has 0 bridgehead atoms. The average molecular weight is 207 g/mol. The fourth-order valence-electron chi connectivity index (χ4n) is 1.04. The number of nitrogen functional groups attached to an aromatic ring is 1. The third-order valence-corrected chi connectivity index (χ3v) is 2.15. The number of hydrogen-bond donors (Lipinski definition) is 1. The lowest BCUT2D eigenvalue weighted by molar-refractivity contribution is 0.145. The second kappa shape index (κ2) is 3.87. The van der Waals surface area contributed by atoms with Crippen LogP contribution in [0.4, 0.5) is 14.5 Å². The number of rotatable bonds is 2. The maximum atomic E-state index is 12.4. The average Bonchev–Trinajstić information content (AvgIpc) is 2.09. The molecule has 2 N–H and O–H groups in total. The second-order valence-electron chi connectivity index (χ2n) is 2.64. The van der Waals surface area contributed by atoms with Crippen LogP contribution in [0.3, 0.4) is 0 Å². The van der Waals surface area contributed by atoms with Gasteiger partial charge in [-0.2, -0.15) is 0 Å². The van der Waals surface area contributed by atoms with Crippen LogP contribution in [0.25, 0.3) is 0 Å². The lowest BCUT2D eigenvalue weighted by Crippen LogP contribution is -2.03. The molecule has 0 aromatic carbocycles. The predicted molar refractivity (Wildman–Crippen MR) is 47.9 cm³/mol. The normalized spacial score (nSPS) is 10.8. The van der Waals surface area contributed by atoms with Gasteiger partial charge in [0.2, 0.25) is 0 Å². The van der Waals surface area contributed by atoms with E-state index in [1.165, 1.54) is 6.20 Å². The van der Waals surface area contributed by atoms with Crippen LogP contribution in [0.5, 0.6) is 0 Å². The van der Waals surface area contributed by atoms with Crippen LogP contribution >= 0.6 is 11.6 Å². The second-order valence-corrected chi connectivity index (χ2v) is 2.90. The maximum Gasteiger partial charge on any atom is 0.280 e. The number of nitrogens with two attached hydrogens (primary N) is 1. The number of alkyl halides is 3. The van der Waals surface area contributed by atoms with Gasteiger partial charge in [-0.05, 0) is 18.1 Å². The van der Waals surface area contributed by atoms with Gasteiger partial charge in [0.1, 0.15) is 5.69 Å². The monoisotopic (exact) mass is 206 g/mol.